The summed E-state index contributed by atoms with van der Waals surface area (Å²) in [6, 6.07) is 14.6. The Labute approximate surface area is 188 Å². The van der Waals surface area contributed by atoms with Crippen molar-refractivity contribution in [2.75, 3.05) is 11.9 Å². The molecule has 0 aliphatic heterocycles. The molecule has 0 fully saturated rings. The Morgan fingerprint density at radius 2 is 1.70 bits per heavy atom. The zero-order chi connectivity index (χ0) is 24.0. The number of nitrogens with one attached hydrogen (secondary N) is 2. The number of benzene rings is 3. The van der Waals surface area contributed by atoms with Crippen LogP contribution in [0.4, 0.5) is 14.5 Å². The average molecular weight is 454 g/mol. The quantitative estimate of drug-likeness (QED) is 0.480. The van der Waals surface area contributed by atoms with E-state index in [4.69, 9.17) is 9.84 Å². The van der Waals surface area contributed by atoms with Gasteiger partial charge < -0.3 is 20.5 Å². The number of rotatable bonds is 8. The van der Waals surface area contributed by atoms with E-state index < -0.39 is 42.1 Å². The molecule has 0 radical (unpaired) electrons. The lowest BCUT2D eigenvalue weighted by molar-refractivity contribution is -0.141. The number of halogens is 2. The van der Waals surface area contributed by atoms with Gasteiger partial charge in [-0.25, -0.2) is 8.78 Å². The van der Waals surface area contributed by atoms with Crippen LogP contribution in [0, 0.1) is 11.6 Å². The van der Waals surface area contributed by atoms with E-state index in [0.717, 1.165) is 6.07 Å². The maximum absolute atomic E-state index is 14.3. The maximum Gasteiger partial charge on any atom is 0.325 e. The molecule has 1 unspecified atom stereocenters. The molecular formula is C24H20F2N2O5. The third kappa shape index (κ3) is 6.36. The lowest BCUT2D eigenvalue weighted by atomic mass is 10.0. The van der Waals surface area contributed by atoms with Crippen molar-refractivity contribution in [3.05, 3.63) is 83.9 Å². The predicted molar refractivity (Wildman–Crippen MR) is 117 cm³/mol. The number of ether oxygens (including phenoxy) is 1. The summed E-state index contributed by atoms with van der Waals surface area (Å²) in [5.74, 6) is -3.50. The molecule has 0 saturated carbocycles. The summed E-state index contributed by atoms with van der Waals surface area (Å²) in [5, 5.41) is 13.6. The minimum absolute atomic E-state index is 0.231. The molecule has 7 nitrogen and oxygen atoms in total. The monoisotopic (exact) mass is 454 g/mol. The topological polar surface area (TPSA) is 105 Å². The minimum atomic E-state index is -1.18. The number of anilines is 1. The SMILES string of the molecule is CC(NC(=O)COc1cccc(NC(=O)c2cc(-c3cccc(F)c3)ccc2F)c1)C(=O)O. The molecule has 1 atom stereocenters. The zero-order valence-electron chi connectivity index (χ0n) is 17.5. The Kier molecular flexibility index (Phi) is 7.34. The van der Waals surface area contributed by atoms with Crippen LogP contribution in [0.25, 0.3) is 11.1 Å². The van der Waals surface area contributed by atoms with Gasteiger partial charge in [0.15, 0.2) is 6.61 Å². The van der Waals surface area contributed by atoms with E-state index in [-0.39, 0.29) is 17.0 Å². The van der Waals surface area contributed by atoms with Crippen molar-refractivity contribution >= 4 is 23.5 Å². The fourth-order valence-electron chi connectivity index (χ4n) is 2.90. The van der Waals surface area contributed by atoms with Crippen LogP contribution in [0.15, 0.2) is 66.7 Å². The Bertz CT molecular complexity index is 1200. The van der Waals surface area contributed by atoms with E-state index in [1.54, 1.807) is 18.2 Å². The molecule has 0 saturated heterocycles. The molecule has 0 spiro atoms. The number of carbonyl (C=O) groups is 3. The molecule has 0 bridgehead atoms. The molecule has 0 aliphatic carbocycles. The van der Waals surface area contributed by atoms with Crippen LogP contribution < -0.4 is 15.4 Å². The number of aliphatic carboxylic acids is 1. The van der Waals surface area contributed by atoms with Gasteiger partial charge in [-0.3, -0.25) is 14.4 Å². The van der Waals surface area contributed by atoms with E-state index in [0.29, 0.717) is 11.1 Å². The highest BCUT2D eigenvalue weighted by Gasteiger charge is 2.16. The molecule has 3 rings (SSSR count). The van der Waals surface area contributed by atoms with Crippen molar-refractivity contribution in [1.82, 2.24) is 5.32 Å². The van der Waals surface area contributed by atoms with E-state index >= 15 is 0 Å². The molecule has 170 valence electrons. The Hall–Kier alpha value is -4.27. The van der Waals surface area contributed by atoms with Gasteiger partial charge in [0, 0.05) is 11.8 Å². The maximum atomic E-state index is 14.3. The fourth-order valence-corrected chi connectivity index (χ4v) is 2.90. The molecule has 0 heterocycles. The van der Waals surface area contributed by atoms with E-state index in [1.165, 1.54) is 49.4 Å². The normalized spacial score (nSPS) is 11.4. The van der Waals surface area contributed by atoms with Crippen LogP contribution in [0.3, 0.4) is 0 Å². The summed E-state index contributed by atoms with van der Waals surface area (Å²) in [4.78, 5) is 35.2. The zero-order valence-corrected chi connectivity index (χ0v) is 17.5. The molecule has 3 aromatic rings. The molecule has 3 aromatic carbocycles. The van der Waals surface area contributed by atoms with Crippen LogP contribution in [0.1, 0.15) is 17.3 Å². The average Bonchev–Trinajstić information content (AvgIpc) is 2.78. The summed E-state index contributed by atoms with van der Waals surface area (Å²) in [7, 11) is 0. The Balaban J connectivity index is 1.69. The van der Waals surface area contributed by atoms with Gasteiger partial charge in [-0.15, -0.1) is 0 Å². The van der Waals surface area contributed by atoms with Gasteiger partial charge in [-0.1, -0.05) is 24.3 Å². The highest BCUT2D eigenvalue weighted by Crippen LogP contribution is 2.24. The van der Waals surface area contributed by atoms with Gasteiger partial charge in [0.25, 0.3) is 11.8 Å². The standard InChI is InChI=1S/C24H20F2N2O5/c1-14(24(31)32)27-22(29)13-33-19-7-3-6-18(12-19)28-23(30)20-11-16(8-9-21(20)26)15-4-2-5-17(25)10-15/h2-12,14H,13H2,1H3,(H,27,29)(H,28,30)(H,31,32). The van der Waals surface area contributed by atoms with Crippen molar-refractivity contribution < 1.29 is 33.0 Å². The molecule has 0 aliphatic rings. The second-order valence-corrected chi connectivity index (χ2v) is 7.10. The van der Waals surface area contributed by atoms with Crippen molar-refractivity contribution in [3.8, 4) is 16.9 Å². The van der Waals surface area contributed by atoms with Crippen LogP contribution in [0.5, 0.6) is 5.75 Å². The van der Waals surface area contributed by atoms with Crippen molar-refractivity contribution in [1.29, 1.82) is 0 Å². The second-order valence-electron chi connectivity index (χ2n) is 7.10. The third-order valence-electron chi connectivity index (χ3n) is 4.58. The lowest BCUT2D eigenvalue weighted by Crippen LogP contribution is -2.40. The number of carboxylic acids is 1. The van der Waals surface area contributed by atoms with Crippen LogP contribution in [0.2, 0.25) is 0 Å². The summed E-state index contributed by atoms with van der Waals surface area (Å²) in [5.41, 5.74) is 1.02. The molecule has 3 N–H and O–H groups in total. The summed E-state index contributed by atoms with van der Waals surface area (Å²) < 4.78 is 33.2. The first-order chi connectivity index (χ1) is 15.7. The van der Waals surface area contributed by atoms with Gasteiger partial charge in [0.05, 0.1) is 5.56 Å². The van der Waals surface area contributed by atoms with E-state index in [2.05, 4.69) is 10.6 Å². The number of hydrogen-bond acceptors (Lipinski definition) is 4. The van der Waals surface area contributed by atoms with Crippen LogP contribution in [-0.4, -0.2) is 35.5 Å². The van der Waals surface area contributed by atoms with Crippen molar-refractivity contribution in [3.63, 3.8) is 0 Å². The van der Waals surface area contributed by atoms with Crippen molar-refractivity contribution in [2.45, 2.75) is 13.0 Å². The van der Waals surface area contributed by atoms with Crippen molar-refractivity contribution in [2.24, 2.45) is 0 Å². The number of carboxylic acid groups (broad SMARTS) is 1. The summed E-state index contributed by atoms with van der Waals surface area (Å²) in [6.07, 6.45) is 0. The molecule has 2 amide bonds. The van der Waals surface area contributed by atoms with Gasteiger partial charge in [0.2, 0.25) is 0 Å². The van der Waals surface area contributed by atoms with Gasteiger partial charge in [-0.05, 0) is 54.4 Å². The largest absolute Gasteiger partial charge is 0.484 e. The number of hydrogen-bond donors (Lipinski definition) is 3. The van der Waals surface area contributed by atoms with E-state index in [1.807, 2.05) is 0 Å². The Morgan fingerprint density at radius 1 is 0.970 bits per heavy atom. The number of amides is 2. The highest BCUT2D eigenvalue weighted by molar-refractivity contribution is 6.05. The third-order valence-corrected chi connectivity index (χ3v) is 4.58. The molecular weight excluding hydrogens is 434 g/mol. The first-order valence-electron chi connectivity index (χ1n) is 9.85. The minimum Gasteiger partial charge on any atom is -0.484 e. The first-order valence-corrected chi connectivity index (χ1v) is 9.85. The fraction of sp³-hybridized carbons (Fsp3) is 0.125. The highest BCUT2D eigenvalue weighted by atomic mass is 19.1. The lowest BCUT2D eigenvalue weighted by Gasteiger charge is -2.12. The molecule has 33 heavy (non-hydrogen) atoms. The van der Waals surface area contributed by atoms with Gasteiger partial charge in [0.1, 0.15) is 23.4 Å². The van der Waals surface area contributed by atoms with Crippen LogP contribution >= 0.6 is 0 Å². The smallest absolute Gasteiger partial charge is 0.325 e. The second kappa shape index (κ2) is 10.4. The number of carbonyl (C=O) groups excluding carboxylic acids is 2. The van der Waals surface area contributed by atoms with Gasteiger partial charge in [-0.2, -0.15) is 0 Å². The predicted octanol–water partition coefficient (Wildman–Crippen LogP) is 3.85. The summed E-state index contributed by atoms with van der Waals surface area (Å²) in [6.45, 7) is 0.887. The first kappa shape index (κ1) is 23.4. The molecule has 0 aromatic heterocycles. The Morgan fingerprint density at radius 3 is 2.42 bits per heavy atom. The van der Waals surface area contributed by atoms with Gasteiger partial charge >= 0.3 is 5.97 Å². The summed E-state index contributed by atoms with van der Waals surface area (Å²) >= 11 is 0. The van der Waals surface area contributed by atoms with Crippen LogP contribution in [-0.2, 0) is 9.59 Å². The molecule has 9 heteroatoms. The van der Waals surface area contributed by atoms with E-state index in [9.17, 15) is 23.2 Å².